The van der Waals surface area contributed by atoms with Gasteiger partial charge in [-0.2, -0.15) is 4.98 Å². The summed E-state index contributed by atoms with van der Waals surface area (Å²) < 4.78 is 0. The molecule has 3 heterocycles. The predicted octanol–water partition coefficient (Wildman–Crippen LogP) is 3.39. The third kappa shape index (κ3) is 2.62. The van der Waals surface area contributed by atoms with Crippen LogP contribution in [-0.2, 0) is 0 Å². The molecule has 1 unspecified atom stereocenters. The smallest absolute Gasteiger partial charge is 0.225 e. The highest BCUT2D eigenvalue weighted by Gasteiger charge is 2.25. The Hall–Kier alpha value is -0.910. The van der Waals surface area contributed by atoms with Crippen molar-refractivity contribution in [1.82, 2.24) is 9.97 Å². The van der Waals surface area contributed by atoms with E-state index in [1.54, 1.807) is 11.3 Å². The van der Waals surface area contributed by atoms with Gasteiger partial charge in [0.25, 0.3) is 0 Å². The van der Waals surface area contributed by atoms with Crippen LogP contribution >= 0.6 is 22.9 Å². The fourth-order valence-electron chi connectivity index (χ4n) is 2.95. The summed E-state index contributed by atoms with van der Waals surface area (Å²) in [6, 6.07) is 2.49. The lowest BCUT2D eigenvalue weighted by Gasteiger charge is -2.36. The van der Waals surface area contributed by atoms with Crippen molar-refractivity contribution < 1.29 is 5.11 Å². The summed E-state index contributed by atoms with van der Waals surface area (Å²) in [5.74, 6) is 0.933. The summed E-state index contributed by atoms with van der Waals surface area (Å²) in [5, 5.41) is 10.7. The van der Waals surface area contributed by atoms with E-state index in [4.69, 9.17) is 11.6 Å². The maximum atomic E-state index is 9.27. The number of aliphatic hydroxyl groups excluding tert-OH is 1. The number of nitrogens with zero attached hydrogens (tertiary/aromatic N) is 3. The topological polar surface area (TPSA) is 49.2 Å². The Labute approximate surface area is 127 Å². The van der Waals surface area contributed by atoms with Gasteiger partial charge in [0.2, 0.25) is 5.28 Å². The number of rotatable bonds is 3. The Kier molecular flexibility index (Phi) is 4.10. The van der Waals surface area contributed by atoms with Crippen LogP contribution in [-0.4, -0.2) is 34.3 Å². The second-order valence-electron chi connectivity index (χ2n) is 5.25. The van der Waals surface area contributed by atoms with E-state index in [9.17, 15) is 5.11 Å². The molecule has 2 aromatic heterocycles. The molecule has 0 radical (unpaired) electrons. The first kappa shape index (κ1) is 14.0. The predicted molar refractivity (Wildman–Crippen MR) is 83.8 cm³/mol. The van der Waals surface area contributed by atoms with Crippen LogP contribution in [0.4, 0.5) is 5.82 Å². The number of thiophene rings is 1. The number of piperidine rings is 1. The third-order valence-electron chi connectivity index (χ3n) is 3.83. The maximum absolute atomic E-state index is 9.27. The van der Waals surface area contributed by atoms with Gasteiger partial charge in [0.1, 0.15) is 10.6 Å². The first-order valence-corrected chi connectivity index (χ1v) is 8.19. The number of anilines is 1. The molecule has 1 saturated heterocycles. The lowest BCUT2D eigenvalue weighted by molar-refractivity contribution is 0.262. The highest BCUT2D eigenvalue weighted by atomic mass is 35.5. The van der Waals surface area contributed by atoms with Crippen molar-refractivity contribution in [3.8, 4) is 0 Å². The van der Waals surface area contributed by atoms with Crippen molar-refractivity contribution in [3.63, 3.8) is 0 Å². The number of hydrogen-bond donors (Lipinski definition) is 1. The Morgan fingerprint density at radius 3 is 3.10 bits per heavy atom. The molecule has 0 aromatic carbocycles. The molecular weight excluding hydrogens is 294 g/mol. The minimum Gasteiger partial charge on any atom is -0.396 e. The van der Waals surface area contributed by atoms with Crippen LogP contribution in [0.25, 0.3) is 10.2 Å². The minimum absolute atomic E-state index is 0.214. The molecule has 6 heteroatoms. The lowest BCUT2D eigenvalue weighted by Crippen LogP contribution is -2.40. The van der Waals surface area contributed by atoms with Gasteiger partial charge in [0.15, 0.2) is 0 Å². The molecule has 1 aliphatic heterocycles. The van der Waals surface area contributed by atoms with E-state index < -0.39 is 0 Å². The van der Waals surface area contributed by atoms with Gasteiger partial charge in [-0.25, -0.2) is 4.98 Å². The van der Waals surface area contributed by atoms with E-state index >= 15 is 0 Å². The van der Waals surface area contributed by atoms with Crippen LogP contribution in [0.3, 0.4) is 0 Å². The molecule has 2 aromatic rings. The van der Waals surface area contributed by atoms with Crippen LogP contribution < -0.4 is 4.90 Å². The molecule has 1 N–H and O–H groups in total. The monoisotopic (exact) mass is 311 g/mol. The van der Waals surface area contributed by atoms with Crippen molar-refractivity contribution in [2.24, 2.45) is 0 Å². The number of fused-ring (bicyclic) bond motifs is 1. The van der Waals surface area contributed by atoms with Gasteiger partial charge in [-0.05, 0) is 50.3 Å². The normalized spacial score (nSPS) is 19.8. The Balaban J connectivity index is 2.06. The molecule has 3 rings (SSSR count). The van der Waals surface area contributed by atoms with Crippen molar-refractivity contribution in [2.75, 3.05) is 18.1 Å². The van der Waals surface area contributed by atoms with Crippen molar-refractivity contribution in [2.45, 2.75) is 38.6 Å². The molecule has 4 nitrogen and oxygen atoms in total. The molecule has 1 atom stereocenters. The fraction of sp³-hybridized carbons (Fsp3) is 0.571. The maximum Gasteiger partial charge on any atom is 0.225 e. The van der Waals surface area contributed by atoms with Crippen LogP contribution in [0, 0.1) is 6.92 Å². The summed E-state index contributed by atoms with van der Waals surface area (Å²) in [6.07, 6.45) is 4.26. The van der Waals surface area contributed by atoms with Gasteiger partial charge >= 0.3 is 0 Å². The third-order valence-corrected chi connectivity index (χ3v) is 4.94. The highest BCUT2D eigenvalue weighted by molar-refractivity contribution is 7.18. The molecule has 0 spiro atoms. The van der Waals surface area contributed by atoms with Gasteiger partial charge in [-0.15, -0.1) is 11.3 Å². The van der Waals surface area contributed by atoms with E-state index in [1.807, 2.05) is 0 Å². The van der Waals surface area contributed by atoms with Crippen LogP contribution in [0.15, 0.2) is 6.07 Å². The average Bonchev–Trinajstić information content (AvgIpc) is 2.79. The molecule has 1 fully saturated rings. The summed E-state index contributed by atoms with van der Waals surface area (Å²) in [4.78, 5) is 13.3. The van der Waals surface area contributed by atoms with Crippen molar-refractivity contribution >= 4 is 39.0 Å². The van der Waals surface area contributed by atoms with E-state index in [0.29, 0.717) is 11.3 Å². The van der Waals surface area contributed by atoms with Crippen molar-refractivity contribution in [3.05, 3.63) is 16.2 Å². The van der Waals surface area contributed by atoms with Gasteiger partial charge < -0.3 is 10.0 Å². The largest absolute Gasteiger partial charge is 0.396 e. The molecule has 0 aliphatic carbocycles. The van der Waals surface area contributed by atoms with Crippen LogP contribution in [0.1, 0.15) is 30.6 Å². The molecular formula is C14H18ClN3OS. The Bertz CT molecular complexity index is 614. The van der Waals surface area contributed by atoms with Crippen molar-refractivity contribution in [1.29, 1.82) is 0 Å². The Morgan fingerprint density at radius 2 is 2.30 bits per heavy atom. The summed E-state index contributed by atoms with van der Waals surface area (Å²) in [6.45, 7) is 3.26. The van der Waals surface area contributed by atoms with E-state index in [1.165, 1.54) is 11.3 Å². The average molecular weight is 312 g/mol. The molecule has 0 saturated carbocycles. The van der Waals surface area contributed by atoms with Crippen LogP contribution in [0.5, 0.6) is 0 Å². The standard InChI is InChI=1S/C14H18ClN3OS/c1-9-8-11-12(16-14(15)17-13(11)20-9)18-6-3-2-4-10(18)5-7-19/h8,10,19H,2-7H2,1H3. The molecule has 20 heavy (non-hydrogen) atoms. The van der Waals surface area contributed by atoms with E-state index in [2.05, 4.69) is 27.9 Å². The van der Waals surface area contributed by atoms with E-state index in [0.717, 1.165) is 41.8 Å². The van der Waals surface area contributed by atoms with Gasteiger partial charge in [-0.3, -0.25) is 0 Å². The zero-order valence-electron chi connectivity index (χ0n) is 11.5. The van der Waals surface area contributed by atoms with Crippen LogP contribution in [0.2, 0.25) is 5.28 Å². The fourth-order valence-corrected chi connectivity index (χ4v) is 4.04. The van der Waals surface area contributed by atoms with Gasteiger partial charge in [-0.1, -0.05) is 0 Å². The Morgan fingerprint density at radius 1 is 1.45 bits per heavy atom. The number of aryl methyl sites for hydroxylation is 1. The number of aliphatic hydroxyl groups is 1. The number of halogens is 1. The highest BCUT2D eigenvalue weighted by Crippen LogP contribution is 2.35. The molecule has 0 amide bonds. The number of aromatic nitrogens is 2. The van der Waals surface area contributed by atoms with Gasteiger partial charge in [0.05, 0.1) is 5.39 Å². The molecule has 1 aliphatic rings. The zero-order valence-corrected chi connectivity index (χ0v) is 13.0. The second kappa shape index (κ2) is 5.84. The first-order valence-electron chi connectivity index (χ1n) is 7.00. The molecule has 108 valence electrons. The zero-order chi connectivity index (χ0) is 14.1. The lowest BCUT2D eigenvalue weighted by atomic mass is 9.99. The SMILES string of the molecule is Cc1cc2c(N3CCCCC3CCO)nc(Cl)nc2s1. The quantitative estimate of drug-likeness (QED) is 0.883. The van der Waals surface area contributed by atoms with E-state index in [-0.39, 0.29) is 6.61 Å². The summed E-state index contributed by atoms with van der Waals surface area (Å²) >= 11 is 7.73. The number of hydrogen-bond acceptors (Lipinski definition) is 5. The summed E-state index contributed by atoms with van der Waals surface area (Å²) in [7, 11) is 0. The minimum atomic E-state index is 0.214. The second-order valence-corrected chi connectivity index (χ2v) is 6.82. The first-order chi connectivity index (χ1) is 9.69. The van der Waals surface area contributed by atoms with Gasteiger partial charge in [0, 0.05) is 24.1 Å². The molecule has 0 bridgehead atoms. The summed E-state index contributed by atoms with van der Waals surface area (Å²) in [5.41, 5.74) is 0.